The third-order valence-corrected chi connectivity index (χ3v) is 6.68. The summed E-state index contributed by atoms with van der Waals surface area (Å²) in [6.45, 7) is 4.34. The molecule has 0 saturated heterocycles. The smallest absolute Gasteiger partial charge is 0.261 e. The summed E-state index contributed by atoms with van der Waals surface area (Å²) in [6.07, 6.45) is 0. The van der Waals surface area contributed by atoms with Crippen molar-refractivity contribution in [3.05, 3.63) is 91.9 Å². The number of anilines is 1. The van der Waals surface area contributed by atoms with E-state index in [1.165, 1.54) is 0 Å². The van der Waals surface area contributed by atoms with Crippen molar-refractivity contribution in [3.8, 4) is 11.5 Å². The second-order valence-electron chi connectivity index (χ2n) is 9.37. The number of pyridine rings is 2. The number of carbonyl (C=O) groups is 1. The van der Waals surface area contributed by atoms with E-state index >= 15 is 0 Å². The van der Waals surface area contributed by atoms with Crippen LogP contribution in [0.2, 0.25) is 5.02 Å². The Hall–Kier alpha value is -4.04. The summed E-state index contributed by atoms with van der Waals surface area (Å²) in [4.78, 5) is 37.8. The minimum absolute atomic E-state index is 0.0933. The molecule has 1 amide bonds. The summed E-state index contributed by atoms with van der Waals surface area (Å²) in [7, 11) is 3.81. The number of carbonyl (C=O) groups excluding carboxylic acids is 1. The Morgan fingerprint density at radius 2 is 1.81 bits per heavy atom. The monoisotopic (exact) mass is 518 g/mol. The Labute approximate surface area is 219 Å². The molecule has 1 N–H and O–H groups in total. The van der Waals surface area contributed by atoms with Crippen LogP contribution in [0.25, 0.3) is 10.9 Å². The highest BCUT2D eigenvalue weighted by atomic mass is 35.5. The third-order valence-electron chi connectivity index (χ3n) is 6.45. The lowest BCUT2D eigenvalue weighted by molar-refractivity contribution is 0.0728. The fraction of sp³-hybridized carbons (Fsp3) is 0.250. The van der Waals surface area contributed by atoms with E-state index in [2.05, 4.69) is 4.98 Å². The van der Waals surface area contributed by atoms with Gasteiger partial charge in [-0.05, 0) is 61.4 Å². The zero-order valence-corrected chi connectivity index (χ0v) is 21.8. The first-order valence-electron chi connectivity index (χ1n) is 11.8. The molecule has 2 aromatic heterocycles. The van der Waals surface area contributed by atoms with Crippen molar-refractivity contribution < 1.29 is 14.3 Å². The quantitative estimate of drug-likeness (QED) is 0.393. The molecule has 0 spiro atoms. The number of nitrogens with zero attached hydrogens (tertiary/aromatic N) is 3. The van der Waals surface area contributed by atoms with Crippen molar-refractivity contribution >= 4 is 34.2 Å². The van der Waals surface area contributed by atoms with Gasteiger partial charge in [-0.15, -0.1) is 0 Å². The van der Waals surface area contributed by atoms with Gasteiger partial charge in [0.25, 0.3) is 11.5 Å². The Balaban J connectivity index is 1.58. The predicted molar refractivity (Wildman–Crippen MR) is 144 cm³/mol. The van der Waals surface area contributed by atoms with Crippen LogP contribution in [0.4, 0.5) is 5.82 Å². The number of hydrogen-bond acceptors (Lipinski definition) is 6. The number of fused-ring (bicyclic) bond motifs is 2. The first-order chi connectivity index (χ1) is 17.7. The van der Waals surface area contributed by atoms with E-state index in [0.717, 1.165) is 33.3 Å². The topological polar surface area (TPSA) is 87.8 Å². The van der Waals surface area contributed by atoms with Crippen LogP contribution in [0.3, 0.4) is 0 Å². The number of amides is 1. The summed E-state index contributed by atoms with van der Waals surface area (Å²) in [5.74, 6) is 1.64. The molecule has 4 aromatic rings. The number of H-pyrrole nitrogens is 1. The standard InChI is InChI=1S/C28H27ClN4O4/c1-16-9-22(27(34)30-17(16)2)28(35)33(13-18-5-8-24-25(10-18)37-15-36-24)14-20-11-19-6-7-21(29)12-23(19)31-26(20)32(3)4/h5-12H,13-15H2,1-4H3,(H,30,34). The van der Waals surface area contributed by atoms with Gasteiger partial charge in [-0.3, -0.25) is 9.59 Å². The average Bonchev–Trinajstić information content (AvgIpc) is 3.33. The fourth-order valence-corrected chi connectivity index (χ4v) is 4.56. The van der Waals surface area contributed by atoms with E-state index in [-0.39, 0.29) is 31.4 Å². The number of rotatable bonds is 6. The number of hydrogen-bond donors (Lipinski definition) is 1. The van der Waals surface area contributed by atoms with Gasteiger partial charge in [-0.2, -0.15) is 0 Å². The van der Waals surface area contributed by atoms with E-state index in [1.807, 2.05) is 75.3 Å². The minimum atomic E-state index is -0.414. The van der Waals surface area contributed by atoms with Gasteiger partial charge in [-0.1, -0.05) is 23.7 Å². The average molecular weight is 519 g/mol. The molecule has 1 aliphatic heterocycles. The lowest BCUT2D eigenvalue weighted by Crippen LogP contribution is -2.35. The Morgan fingerprint density at radius 1 is 1.03 bits per heavy atom. The normalized spacial score (nSPS) is 12.1. The van der Waals surface area contributed by atoms with Crippen LogP contribution in [0, 0.1) is 13.8 Å². The lowest BCUT2D eigenvalue weighted by atomic mass is 10.1. The van der Waals surface area contributed by atoms with E-state index < -0.39 is 5.56 Å². The highest BCUT2D eigenvalue weighted by Gasteiger charge is 2.24. The Bertz CT molecular complexity index is 1580. The van der Waals surface area contributed by atoms with E-state index in [0.29, 0.717) is 22.3 Å². The molecule has 9 heteroatoms. The van der Waals surface area contributed by atoms with Gasteiger partial charge >= 0.3 is 0 Å². The third kappa shape index (κ3) is 4.97. The molecule has 3 heterocycles. The highest BCUT2D eigenvalue weighted by Crippen LogP contribution is 2.33. The van der Waals surface area contributed by atoms with E-state index in [9.17, 15) is 9.59 Å². The summed E-state index contributed by atoms with van der Waals surface area (Å²) >= 11 is 6.20. The molecule has 0 unspecified atom stereocenters. The summed E-state index contributed by atoms with van der Waals surface area (Å²) in [5.41, 5.74) is 3.71. The number of halogens is 1. The maximum Gasteiger partial charge on any atom is 0.261 e. The first kappa shape index (κ1) is 24.6. The maximum atomic E-state index is 13.9. The zero-order chi connectivity index (χ0) is 26.3. The van der Waals surface area contributed by atoms with Crippen molar-refractivity contribution in [2.45, 2.75) is 26.9 Å². The number of aromatic amines is 1. The van der Waals surface area contributed by atoms with Gasteiger partial charge in [0.15, 0.2) is 11.5 Å². The maximum absolute atomic E-state index is 13.9. The summed E-state index contributed by atoms with van der Waals surface area (Å²) < 4.78 is 11.0. The number of aromatic nitrogens is 2. The largest absolute Gasteiger partial charge is 0.454 e. The Kier molecular flexibility index (Phi) is 6.52. The lowest BCUT2D eigenvalue weighted by Gasteiger charge is -2.26. The molecule has 0 fully saturated rings. The first-order valence-corrected chi connectivity index (χ1v) is 12.2. The summed E-state index contributed by atoms with van der Waals surface area (Å²) in [5, 5.41) is 1.51. The van der Waals surface area contributed by atoms with Crippen molar-refractivity contribution in [1.82, 2.24) is 14.9 Å². The van der Waals surface area contributed by atoms with Crippen LogP contribution >= 0.6 is 11.6 Å². The fourth-order valence-electron chi connectivity index (χ4n) is 4.40. The molecule has 8 nitrogen and oxygen atoms in total. The van der Waals surface area contributed by atoms with Crippen molar-refractivity contribution in [3.63, 3.8) is 0 Å². The molecule has 0 radical (unpaired) electrons. The van der Waals surface area contributed by atoms with E-state index in [4.69, 9.17) is 26.1 Å². The van der Waals surface area contributed by atoms with Gasteiger partial charge < -0.3 is 24.3 Å². The molecule has 190 valence electrons. The summed E-state index contributed by atoms with van der Waals surface area (Å²) in [6, 6.07) is 14.8. The van der Waals surface area contributed by atoms with Gasteiger partial charge in [-0.25, -0.2) is 4.98 Å². The second kappa shape index (κ2) is 9.78. The van der Waals surface area contributed by atoms with Crippen LogP contribution in [0.15, 0.2) is 53.3 Å². The molecule has 2 aromatic carbocycles. The van der Waals surface area contributed by atoms with E-state index in [1.54, 1.807) is 11.0 Å². The van der Waals surface area contributed by atoms with Gasteiger partial charge in [0.05, 0.1) is 5.52 Å². The molecule has 0 atom stereocenters. The molecular formula is C28H27ClN4O4. The molecule has 0 aliphatic carbocycles. The molecule has 0 saturated carbocycles. The molecule has 1 aliphatic rings. The highest BCUT2D eigenvalue weighted by molar-refractivity contribution is 6.31. The molecule has 5 rings (SSSR count). The number of nitrogens with one attached hydrogen (secondary N) is 1. The van der Waals surface area contributed by atoms with Gasteiger partial charge in [0.1, 0.15) is 11.4 Å². The van der Waals surface area contributed by atoms with Crippen molar-refractivity contribution in [2.24, 2.45) is 0 Å². The number of benzene rings is 2. The van der Waals surface area contributed by atoms with Crippen LogP contribution in [-0.2, 0) is 13.1 Å². The number of ether oxygens (including phenoxy) is 2. The van der Waals surface area contributed by atoms with Gasteiger partial charge in [0, 0.05) is 48.9 Å². The Morgan fingerprint density at radius 3 is 2.59 bits per heavy atom. The molecule has 37 heavy (non-hydrogen) atoms. The van der Waals surface area contributed by atoms with Crippen LogP contribution < -0.4 is 19.9 Å². The van der Waals surface area contributed by atoms with Crippen molar-refractivity contribution in [2.75, 3.05) is 25.8 Å². The SMILES string of the molecule is Cc1cc(C(=O)N(Cc2ccc3c(c2)OCO3)Cc2cc3ccc(Cl)cc3nc2N(C)C)c(=O)[nH]c1C. The van der Waals surface area contributed by atoms with Crippen LogP contribution in [0.5, 0.6) is 11.5 Å². The zero-order valence-electron chi connectivity index (χ0n) is 21.1. The van der Waals surface area contributed by atoms with Crippen LogP contribution in [0.1, 0.15) is 32.7 Å². The van der Waals surface area contributed by atoms with Crippen LogP contribution in [-0.4, -0.2) is 41.7 Å². The molecule has 0 bridgehead atoms. The minimum Gasteiger partial charge on any atom is -0.454 e. The second-order valence-corrected chi connectivity index (χ2v) is 9.81. The molecular weight excluding hydrogens is 492 g/mol. The number of aryl methyl sites for hydroxylation is 2. The van der Waals surface area contributed by atoms with Gasteiger partial charge in [0.2, 0.25) is 6.79 Å². The van der Waals surface area contributed by atoms with Crippen molar-refractivity contribution in [1.29, 1.82) is 0 Å². The predicted octanol–water partition coefficient (Wildman–Crippen LogP) is 4.83.